The van der Waals surface area contributed by atoms with Crippen LogP contribution < -0.4 is 5.73 Å². The van der Waals surface area contributed by atoms with Crippen LogP contribution in [0.3, 0.4) is 0 Å². The van der Waals surface area contributed by atoms with Crippen LogP contribution in [0.5, 0.6) is 0 Å². The number of aliphatic carboxylic acids is 1. The van der Waals surface area contributed by atoms with Crippen LogP contribution in [0, 0.1) is 0 Å². The molecule has 1 heterocycles. The smallest absolute Gasteiger partial charge is 0.356 e. The number of esters is 1. The number of hydrogen-bond acceptors (Lipinski definition) is 7. The third kappa shape index (κ3) is 4.90. The molecule has 0 fully saturated rings. The van der Waals surface area contributed by atoms with E-state index in [0.29, 0.717) is 0 Å². The van der Waals surface area contributed by atoms with Gasteiger partial charge in [0.2, 0.25) is 0 Å². The zero-order valence-electron chi connectivity index (χ0n) is 16.5. The van der Waals surface area contributed by atoms with Crippen molar-refractivity contribution >= 4 is 34.1 Å². The molecule has 8 heteroatoms. The van der Waals surface area contributed by atoms with Gasteiger partial charge in [0, 0.05) is 5.38 Å². The second-order valence-corrected chi connectivity index (χ2v) is 7.89. The molecule has 154 valence electrons. The topological polar surface area (TPSA) is 115 Å². The van der Waals surface area contributed by atoms with Gasteiger partial charge in [-0.15, -0.1) is 11.3 Å². The molecule has 0 aliphatic carbocycles. The standard InChI is InChI=1S/C22H21N3O4S/c1-22(2,25-17(19(26)27)16-13-30-21(23)24-16)20(28)29-18(14-9-5-3-6-10-14)15-11-7-4-8-12-15/h3-13,18H,1-2H3,(H2,23,24)(H,26,27)/b25-17-. The van der Waals surface area contributed by atoms with Crippen molar-refractivity contribution in [3.8, 4) is 0 Å². The van der Waals surface area contributed by atoms with Crippen molar-refractivity contribution < 1.29 is 19.4 Å². The quantitative estimate of drug-likeness (QED) is 0.442. The molecule has 0 saturated heterocycles. The minimum absolute atomic E-state index is 0.105. The molecular weight excluding hydrogens is 402 g/mol. The van der Waals surface area contributed by atoms with Gasteiger partial charge in [0.25, 0.3) is 0 Å². The van der Waals surface area contributed by atoms with Crippen LogP contribution in [-0.4, -0.2) is 33.3 Å². The lowest BCUT2D eigenvalue weighted by Gasteiger charge is -2.25. The third-order valence-corrected chi connectivity index (χ3v) is 4.96. The predicted octanol–water partition coefficient (Wildman–Crippen LogP) is 3.71. The summed E-state index contributed by atoms with van der Waals surface area (Å²) in [6.07, 6.45) is -0.655. The first-order chi connectivity index (χ1) is 14.3. The molecule has 0 amide bonds. The van der Waals surface area contributed by atoms with Crippen LogP contribution in [-0.2, 0) is 14.3 Å². The van der Waals surface area contributed by atoms with Gasteiger partial charge in [-0.2, -0.15) is 0 Å². The molecule has 0 saturated carbocycles. The Morgan fingerprint density at radius 3 is 2.03 bits per heavy atom. The first-order valence-corrected chi connectivity index (χ1v) is 10.0. The number of aromatic nitrogens is 1. The number of carboxylic acids is 1. The minimum Gasteiger partial charge on any atom is -0.476 e. The number of nitrogens with zero attached hydrogens (tertiary/aromatic N) is 2. The van der Waals surface area contributed by atoms with Crippen molar-refractivity contribution in [2.75, 3.05) is 5.73 Å². The monoisotopic (exact) mass is 423 g/mol. The largest absolute Gasteiger partial charge is 0.476 e. The van der Waals surface area contributed by atoms with E-state index in [-0.39, 0.29) is 16.5 Å². The van der Waals surface area contributed by atoms with Crippen molar-refractivity contribution in [2.24, 2.45) is 4.99 Å². The van der Waals surface area contributed by atoms with Crippen LogP contribution in [0.1, 0.15) is 36.8 Å². The highest BCUT2D eigenvalue weighted by Gasteiger charge is 2.34. The highest BCUT2D eigenvalue weighted by Crippen LogP contribution is 2.28. The molecule has 0 radical (unpaired) electrons. The Labute approximate surface area is 177 Å². The number of hydrogen-bond donors (Lipinski definition) is 2. The number of ether oxygens (including phenoxy) is 1. The summed E-state index contributed by atoms with van der Waals surface area (Å²) >= 11 is 1.10. The lowest BCUT2D eigenvalue weighted by atomic mass is 10.0. The van der Waals surface area contributed by atoms with E-state index in [1.165, 1.54) is 19.2 Å². The normalized spacial score (nSPS) is 12.0. The zero-order valence-corrected chi connectivity index (χ0v) is 17.3. The number of nitrogen functional groups attached to an aromatic ring is 1. The lowest BCUT2D eigenvalue weighted by Crippen LogP contribution is -2.35. The zero-order chi connectivity index (χ0) is 21.7. The number of carbonyl (C=O) groups is 2. The SMILES string of the molecule is CC(C)(/N=C(\C(=O)O)c1csc(N)n1)C(=O)OC(c1ccccc1)c1ccccc1. The summed E-state index contributed by atoms with van der Waals surface area (Å²) < 4.78 is 5.83. The van der Waals surface area contributed by atoms with Crippen LogP contribution in [0.15, 0.2) is 71.0 Å². The van der Waals surface area contributed by atoms with Crippen LogP contribution in [0.2, 0.25) is 0 Å². The summed E-state index contributed by atoms with van der Waals surface area (Å²) in [6, 6.07) is 18.6. The number of rotatable bonds is 7. The van der Waals surface area contributed by atoms with E-state index in [1.54, 1.807) is 0 Å². The second-order valence-electron chi connectivity index (χ2n) is 7.00. The van der Waals surface area contributed by atoms with Gasteiger partial charge in [0.05, 0.1) is 0 Å². The van der Waals surface area contributed by atoms with Crippen molar-refractivity contribution in [1.82, 2.24) is 4.98 Å². The van der Waals surface area contributed by atoms with Crippen molar-refractivity contribution in [3.63, 3.8) is 0 Å². The van der Waals surface area contributed by atoms with Gasteiger partial charge in [-0.3, -0.25) is 4.99 Å². The minimum atomic E-state index is -1.46. The molecule has 3 rings (SSSR count). The summed E-state index contributed by atoms with van der Waals surface area (Å²) in [4.78, 5) is 32.9. The summed E-state index contributed by atoms with van der Waals surface area (Å²) in [7, 11) is 0. The van der Waals surface area contributed by atoms with Crippen molar-refractivity contribution in [2.45, 2.75) is 25.5 Å². The molecule has 0 bridgehead atoms. The molecular formula is C22H21N3O4S. The maximum absolute atomic E-state index is 13.1. The van der Waals surface area contributed by atoms with Gasteiger partial charge in [0.15, 0.2) is 22.5 Å². The van der Waals surface area contributed by atoms with Gasteiger partial charge in [-0.1, -0.05) is 60.7 Å². The molecule has 0 atom stereocenters. The fourth-order valence-corrected chi connectivity index (χ4v) is 3.32. The first-order valence-electron chi connectivity index (χ1n) is 9.13. The second kappa shape index (κ2) is 8.87. The summed E-state index contributed by atoms with van der Waals surface area (Å²) in [5.74, 6) is -1.97. The van der Waals surface area contributed by atoms with Crippen LogP contribution in [0.4, 0.5) is 5.13 Å². The third-order valence-electron chi connectivity index (χ3n) is 4.29. The Kier molecular flexibility index (Phi) is 6.27. The molecule has 3 N–H and O–H groups in total. The molecule has 2 aromatic carbocycles. The van der Waals surface area contributed by atoms with Crippen LogP contribution >= 0.6 is 11.3 Å². The van der Waals surface area contributed by atoms with Gasteiger partial charge < -0.3 is 15.6 Å². The fourth-order valence-electron chi connectivity index (χ4n) is 2.77. The Morgan fingerprint density at radius 2 is 1.60 bits per heavy atom. The van der Waals surface area contributed by atoms with Gasteiger partial charge in [0.1, 0.15) is 5.69 Å². The van der Waals surface area contributed by atoms with E-state index in [9.17, 15) is 14.7 Å². The lowest BCUT2D eigenvalue weighted by molar-refractivity contribution is -0.152. The van der Waals surface area contributed by atoms with E-state index in [0.717, 1.165) is 22.5 Å². The Balaban J connectivity index is 1.93. The predicted molar refractivity (Wildman–Crippen MR) is 116 cm³/mol. The molecule has 3 aromatic rings. The van der Waals surface area contributed by atoms with Gasteiger partial charge >= 0.3 is 11.9 Å². The van der Waals surface area contributed by atoms with Gasteiger partial charge in [-0.25, -0.2) is 14.6 Å². The van der Waals surface area contributed by atoms with E-state index >= 15 is 0 Å². The fraction of sp³-hybridized carbons (Fsp3) is 0.182. The Hall–Kier alpha value is -3.52. The molecule has 0 aliphatic heterocycles. The Bertz CT molecular complexity index is 1020. The average Bonchev–Trinajstić information content (AvgIpc) is 3.17. The van der Waals surface area contributed by atoms with E-state index in [1.807, 2.05) is 60.7 Å². The maximum Gasteiger partial charge on any atom is 0.356 e. The summed E-state index contributed by atoms with van der Waals surface area (Å²) in [5, 5.41) is 11.3. The Morgan fingerprint density at radius 1 is 1.07 bits per heavy atom. The summed E-state index contributed by atoms with van der Waals surface area (Å²) in [5.41, 5.74) is 5.49. The van der Waals surface area contributed by atoms with Crippen LogP contribution in [0.25, 0.3) is 0 Å². The highest BCUT2D eigenvalue weighted by molar-refractivity contribution is 7.13. The number of nitrogens with two attached hydrogens (primary N) is 1. The van der Waals surface area contributed by atoms with Crippen molar-refractivity contribution in [1.29, 1.82) is 0 Å². The average molecular weight is 423 g/mol. The van der Waals surface area contributed by atoms with Crippen molar-refractivity contribution in [3.05, 3.63) is 82.9 Å². The molecule has 0 spiro atoms. The number of thiazole rings is 1. The maximum atomic E-state index is 13.1. The summed E-state index contributed by atoms with van der Waals surface area (Å²) in [6.45, 7) is 3.00. The first kappa shape index (κ1) is 21.2. The van der Waals surface area contributed by atoms with E-state index in [2.05, 4.69) is 9.98 Å². The molecule has 1 aromatic heterocycles. The number of carboxylic acid groups (broad SMARTS) is 1. The van der Waals surface area contributed by atoms with Gasteiger partial charge in [-0.05, 0) is 25.0 Å². The molecule has 7 nitrogen and oxygen atoms in total. The van der Waals surface area contributed by atoms with E-state index in [4.69, 9.17) is 10.5 Å². The van der Waals surface area contributed by atoms with E-state index < -0.39 is 23.6 Å². The molecule has 0 aliphatic rings. The number of anilines is 1. The highest BCUT2D eigenvalue weighted by atomic mass is 32.1. The number of aliphatic imine (C=N–C) groups is 1. The number of benzene rings is 2. The molecule has 30 heavy (non-hydrogen) atoms. The molecule has 0 unspecified atom stereocenters. The number of carbonyl (C=O) groups excluding carboxylic acids is 1.